The molecule has 0 saturated carbocycles. The van der Waals surface area contributed by atoms with Gasteiger partial charge in [-0.15, -0.1) is 5.10 Å². The van der Waals surface area contributed by atoms with Crippen LogP contribution in [0.3, 0.4) is 0 Å². The van der Waals surface area contributed by atoms with Crippen molar-refractivity contribution in [3.8, 4) is 0 Å². The van der Waals surface area contributed by atoms with E-state index < -0.39 is 5.76 Å². The van der Waals surface area contributed by atoms with Crippen LogP contribution in [0.2, 0.25) is 0 Å². The quantitative estimate of drug-likeness (QED) is 0.749. The van der Waals surface area contributed by atoms with E-state index in [1.54, 1.807) is 13.8 Å². The molecule has 0 amide bonds. The number of nitrogens with one attached hydrogen (secondary N) is 1. The maximum absolute atomic E-state index is 11.0. The molecule has 0 saturated heterocycles. The van der Waals surface area contributed by atoms with Gasteiger partial charge in [0.1, 0.15) is 5.78 Å². The summed E-state index contributed by atoms with van der Waals surface area (Å²) in [6.07, 6.45) is 0. The van der Waals surface area contributed by atoms with Crippen molar-refractivity contribution in [3.05, 3.63) is 16.4 Å². The predicted octanol–water partition coefficient (Wildman–Crippen LogP) is 0.692. The SMILES string of the molecule is CC(=O)[C@@H](C)[C@@H](C)c1n[nH]c(=O)o1. The van der Waals surface area contributed by atoms with Crippen LogP contribution in [0, 0.1) is 5.92 Å². The normalized spacial score (nSPS) is 15.3. The van der Waals surface area contributed by atoms with E-state index in [0.29, 0.717) is 0 Å². The first kappa shape index (κ1) is 9.70. The second-order valence-corrected chi connectivity index (χ2v) is 3.14. The maximum atomic E-state index is 11.0. The topological polar surface area (TPSA) is 76.0 Å². The zero-order valence-electron chi connectivity index (χ0n) is 7.83. The van der Waals surface area contributed by atoms with Crippen molar-refractivity contribution in [2.45, 2.75) is 26.7 Å². The molecule has 72 valence electrons. The summed E-state index contributed by atoms with van der Waals surface area (Å²) in [7, 11) is 0. The minimum Gasteiger partial charge on any atom is -0.392 e. The van der Waals surface area contributed by atoms with Gasteiger partial charge in [-0.1, -0.05) is 13.8 Å². The fraction of sp³-hybridized carbons (Fsp3) is 0.625. The number of H-pyrrole nitrogens is 1. The lowest BCUT2D eigenvalue weighted by Gasteiger charge is -2.11. The number of carbonyl (C=O) groups excluding carboxylic acids is 1. The van der Waals surface area contributed by atoms with Gasteiger partial charge in [-0.2, -0.15) is 0 Å². The lowest BCUT2D eigenvalue weighted by molar-refractivity contribution is -0.120. The molecule has 13 heavy (non-hydrogen) atoms. The molecule has 0 fully saturated rings. The van der Waals surface area contributed by atoms with Crippen LogP contribution in [0.1, 0.15) is 32.6 Å². The van der Waals surface area contributed by atoms with Gasteiger partial charge in [0.25, 0.3) is 0 Å². The van der Waals surface area contributed by atoms with Gasteiger partial charge in [-0.05, 0) is 6.92 Å². The van der Waals surface area contributed by atoms with Crippen molar-refractivity contribution in [3.63, 3.8) is 0 Å². The van der Waals surface area contributed by atoms with E-state index >= 15 is 0 Å². The molecule has 0 aromatic carbocycles. The van der Waals surface area contributed by atoms with Gasteiger partial charge in [0.15, 0.2) is 0 Å². The Bertz CT molecular complexity index is 352. The average molecular weight is 184 g/mol. The third-order valence-corrected chi connectivity index (χ3v) is 2.24. The van der Waals surface area contributed by atoms with E-state index in [0.717, 1.165) is 0 Å². The number of ketones is 1. The number of aromatic amines is 1. The average Bonchev–Trinajstić information content (AvgIpc) is 2.49. The summed E-state index contributed by atoms with van der Waals surface area (Å²) in [4.78, 5) is 21.6. The molecule has 5 heteroatoms. The maximum Gasteiger partial charge on any atom is 0.434 e. The summed E-state index contributed by atoms with van der Waals surface area (Å²) in [6.45, 7) is 5.08. The Hall–Kier alpha value is -1.39. The van der Waals surface area contributed by atoms with E-state index in [1.807, 2.05) is 0 Å². The second-order valence-electron chi connectivity index (χ2n) is 3.14. The number of aromatic nitrogens is 2. The first-order chi connectivity index (χ1) is 6.02. The van der Waals surface area contributed by atoms with Crippen LogP contribution in [0.15, 0.2) is 9.21 Å². The monoisotopic (exact) mass is 184 g/mol. The number of Topliss-reactive ketones (excluding diaryl/α,β-unsaturated/α-hetero) is 1. The van der Waals surface area contributed by atoms with Crippen molar-refractivity contribution in [2.75, 3.05) is 0 Å². The van der Waals surface area contributed by atoms with Crippen molar-refractivity contribution < 1.29 is 9.21 Å². The summed E-state index contributed by atoms with van der Waals surface area (Å²) in [6, 6.07) is 0. The third kappa shape index (κ3) is 2.05. The summed E-state index contributed by atoms with van der Waals surface area (Å²) in [5.41, 5.74) is 0. The Kier molecular flexibility index (Phi) is 2.65. The molecule has 0 aliphatic carbocycles. The predicted molar refractivity (Wildman–Crippen MR) is 45.4 cm³/mol. The highest BCUT2D eigenvalue weighted by atomic mass is 16.4. The third-order valence-electron chi connectivity index (χ3n) is 2.24. The minimum absolute atomic E-state index is 0.0538. The summed E-state index contributed by atoms with van der Waals surface area (Å²) in [5.74, 6) is -0.605. The number of hydrogen-bond donors (Lipinski definition) is 1. The molecular formula is C8H12N2O3. The van der Waals surface area contributed by atoms with Crippen LogP contribution in [-0.4, -0.2) is 16.0 Å². The first-order valence-electron chi connectivity index (χ1n) is 4.08. The molecule has 1 heterocycles. The first-order valence-corrected chi connectivity index (χ1v) is 4.08. The zero-order chi connectivity index (χ0) is 10.0. The van der Waals surface area contributed by atoms with Gasteiger partial charge in [-0.25, -0.2) is 9.89 Å². The van der Waals surface area contributed by atoms with Crippen LogP contribution in [-0.2, 0) is 4.79 Å². The Morgan fingerprint density at radius 2 is 2.15 bits per heavy atom. The molecule has 0 spiro atoms. The van der Waals surface area contributed by atoms with Crippen LogP contribution in [0.25, 0.3) is 0 Å². The Balaban J connectivity index is 2.84. The summed E-state index contributed by atoms with van der Waals surface area (Å²) in [5, 5.41) is 5.82. The van der Waals surface area contributed by atoms with E-state index in [4.69, 9.17) is 4.42 Å². The summed E-state index contributed by atoms with van der Waals surface area (Å²) >= 11 is 0. The Morgan fingerprint density at radius 1 is 1.54 bits per heavy atom. The number of hydrogen-bond acceptors (Lipinski definition) is 4. The standard InChI is InChI=1S/C8H12N2O3/c1-4(6(3)11)5(2)7-9-10-8(12)13-7/h4-5H,1-3H3,(H,10,12)/t4-,5+/m0/s1. The van der Waals surface area contributed by atoms with Crippen molar-refractivity contribution in [1.29, 1.82) is 0 Å². The molecule has 5 nitrogen and oxygen atoms in total. The Labute approximate surface area is 75.1 Å². The highest BCUT2D eigenvalue weighted by molar-refractivity contribution is 5.78. The van der Waals surface area contributed by atoms with Crippen LogP contribution in [0.5, 0.6) is 0 Å². The van der Waals surface area contributed by atoms with Gasteiger partial charge in [0.05, 0.1) is 0 Å². The highest BCUT2D eigenvalue weighted by Gasteiger charge is 2.22. The lowest BCUT2D eigenvalue weighted by Crippen LogP contribution is -2.14. The second kappa shape index (κ2) is 3.55. The van der Waals surface area contributed by atoms with E-state index in [9.17, 15) is 9.59 Å². The Morgan fingerprint density at radius 3 is 2.54 bits per heavy atom. The van der Waals surface area contributed by atoms with Gasteiger partial charge in [0, 0.05) is 11.8 Å². The number of carbonyl (C=O) groups is 1. The van der Waals surface area contributed by atoms with Crippen LogP contribution >= 0.6 is 0 Å². The molecular weight excluding hydrogens is 172 g/mol. The fourth-order valence-corrected chi connectivity index (χ4v) is 1.00. The molecule has 0 aliphatic heterocycles. The van der Waals surface area contributed by atoms with Crippen molar-refractivity contribution in [1.82, 2.24) is 10.2 Å². The molecule has 2 atom stereocenters. The van der Waals surface area contributed by atoms with Gasteiger partial charge < -0.3 is 4.42 Å². The van der Waals surface area contributed by atoms with E-state index in [-0.39, 0.29) is 23.5 Å². The molecule has 1 rings (SSSR count). The van der Waals surface area contributed by atoms with Crippen molar-refractivity contribution >= 4 is 5.78 Å². The van der Waals surface area contributed by atoms with Gasteiger partial charge in [-0.3, -0.25) is 4.79 Å². The van der Waals surface area contributed by atoms with Gasteiger partial charge in [0.2, 0.25) is 5.89 Å². The van der Waals surface area contributed by atoms with E-state index in [2.05, 4.69) is 10.2 Å². The number of rotatable bonds is 3. The molecule has 0 unspecified atom stereocenters. The van der Waals surface area contributed by atoms with Crippen LogP contribution in [0.4, 0.5) is 0 Å². The minimum atomic E-state index is -0.586. The molecule has 0 radical (unpaired) electrons. The lowest BCUT2D eigenvalue weighted by atomic mass is 9.93. The highest BCUT2D eigenvalue weighted by Crippen LogP contribution is 2.21. The molecule has 0 aliphatic rings. The largest absolute Gasteiger partial charge is 0.434 e. The fourth-order valence-electron chi connectivity index (χ4n) is 1.00. The van der Waals surface area contributed by atoms with E-state index in [1.165, 1.54) is 6.92 Å². The number of nitrogens with zero attached hydrogens (tertiary/aromatic N) is 1. The van der Waals surface area contributed by atoms with Gasteiger partial charge >= 0.3 is 5.76 Å². The smallest absolute Gasteiger partial charge is 0.392 e. The summed E-state index contributed by atoms with van der Waals surface area (Å²) < 4.78 is 4.74. The molecule has 0 bridgehead atoms. The molecule has 1 aromatic heterocycles. The molecule has 1 aromatic rings. The molecule has 1 N–H and O–H groups in total. The van der Waals surface area contributed by atoms with Crippen LogP contribution < -0.4 is 5.76 Å². The zero-order valence-corrected chi connectivity index (χ0v) is 7.83. The van der Waals surface area contributed by atoms with Crippen molar-refractivity contribution in [2.24, 2.45) is 5.92 Å².